The van der Waals surface area contributed by atoms with Crippen molar-refractivity contribution in [3.05, 3.63) is 71.5 Å². The second-order valence-corrected chi connectivity index (χ2v) is 9.98. The number of phenols is 2. The van der Waals surface area contributed by atoms with E-state index in [-0.39, 0.29) is 42.1 Å². The lowest BCUT2D eigenvalue weighted by atomic mass is 9.86. The number of aliphatic hydroxyl groups excluding tert-OH is 1. The van der Waals surface area contributed by atoms with E-state index in [2.05, 4.69) is 4.98 Å². The Morgan fingerprint density at radius 3 is 2.35 bits per heavy atom. The first-order valence-corrected chi connectivity index (χ1v) is 13.0. The molecule has 1 fully saturated rings. The third kappa shape index (κ3) is 7.52. The van der Waals surface area contributed by atoms with Crippen LogP contribution in [-0.2, 0) is 24.1 Å². The Labute approximate surface area is 218 Å². The molecule has 2 aromatic carbocycles. The number of nitrogens with zero attached hydrogens (tertiary/aromatic N) is 1. The molecule has 7 nitrogen and oxygen atoms in total. The third-order valence-corrected chi connectivity index (χ3v) is 7.15. The quantitative estimate of drug-likeness (QED) is 0.307. The molecule has 0 bridgehead atoms. The number of hydrogen-bond acceptors (Lipinski definition) is 6. The summed E-state index contributed by atoms with van der Waals surface area (Å²) < 4.78 is 11.2. The maximum Gasteiger partial charge on any atom is 0.161 e. The first-order valence-electron chi connectivity index (χ1n) is 13.0. The number of rotatable bonds is 13. The van der Waals surface area contributed by atoms with Gasteiger partial charge in [-0.05, 0) is 86.3 Å². The Morgan fingerprint density at radius 2 is 1.65 bits per heavy atom. The molecule has 4 rings (SSSR count). The van der Waals surface area contributed by atoms with Crippen molar-refractivity contribution in [2.45, 2.75) is 70.0 Å². The number of carbonyl (C=O) groups is 1. The first kappa shape index (κ1) is 26.6. The molecule has 3 aromatic rings. The van der Waals surface area contributed by atoms with E-state index >= 15 is 0 Å². The topological polar surface area (TPSA) is 110 Å². The number of Topliss-reactive ketones (excluding diaryl/α,β-unsaturated/α-hetero) is 1. The van der Waals surface area contributed by atoms with Crippen molar-refractivity contribution in [3.63, 3.8) is 0 Å². The number of carbonyl (C=O) groups excluding carboxylic acids is 1. The minimum atomic E-state index is -0.829. The summed E-state index contributed by atoms with van der Waals surface area (Å²) in [5, 5.41) is 31.2. The molecule has 0 spiro atoms. The molecule has 0 amide bonds. The van der Waals surface area contributed by atoms with Crippen LogP contribution in [0, 0.1) is 5.92 Å². The molecule has 3 N–H and O–H groups in total. The highest BCUT2D eigenvalue weighted by Crippen LogP contribution is 2.33. The van der Waals surface area contributed by atoms with Gasteiger partial charge in [0.15, 0.2) is 23.0 Å². The van der Waals surface area contributed by atoms with Crippen LogP contribution >= 0.6 is 0 Å². The molecule has 2 atom stereocenters. The van der Waals surface area contributed by atoms with Gasteiger partial charge in [-0.2, -0.15) is 12.4 Å². The highest BCUT2D eigenvalue weighted by Gasteiger charge is 2.24. The fourth-order valence-corrected chi connectivity index (χ4v) is 5.02. The van der Waals surface area contributed by atoms with Crippen LogP contribution in [0.15, 0.2) is 54.9 Å². The SMILES string of the molecule is COc1cc(CCC(=O)CC(O)C(Cc2cc[n-]c2)Cc2ccc(O)c(OC3CCCC3)c2)ccc1O. The number of aromatic nitrogens is 1. The second kappa shape index (κ2) is 12.7. The molecule has 1 aromatic heterocycles. The van der Waals surface area contributed by atoms with Crippen LogP contribution in [0.5, 0.6) is 23.0 Å². The van der Waals surface area contributed by atoms with Crippen LogP contribution in [-0.4, -0.2) is 40.4 Å². The fourth-order valence-electron chi connectivity index (χ4n) is 5.02. The molecule has 0 aliphatic heterocycles. The van der Waals surface area contributed by atoms with E-state index in [9.17, 15) is 20.1 Å². The summed E-state index contributed by atoms with van der Waals surface area (Å²) in [6.45, 7) is 0. The summed E-state index contributed by atoms with van der Waals surface area (Å²) in [6.07, 6.45) is 9.04. The molecule has 7 heteroatoms. The summed E-state index contributed by atoms with van der Waals surface area (Å²) in [6, 6.07) is 12.3. The number of ether oxygens (including phenoxy) is 2. The number of benzene rings is 2. The predicted octanol–water partition coefficient (Wildman–Crippen LogP) is 4.74. The van der Waals surface area contributed by atoms with E-state index in [1.165, 1.54) is 7.11 Å². The minimum Gasteiger partial charge on any atom is -0.670 e. The van der Waals surface area contributed by atoms with E-state index in [0.717, 1.165) is 42.4 Å². The lowest BCUT2D eigenvalue weighted by Crippen LogP contribution is -2.27. The number of phenolic OH excluding ortho intramolecular Hbond substituents is 2. The Bertz CT molecular complexity index is 1150. The van der Waals surface area contributed by atoms with Crippen molar-refractivity contribution in [2.75, 3.05) is 7.11 Å². The zero-order chi connectivity index (χ0) is 26.2. The zero-order valence-corrected chi connectivity index (χ0v) is 21.3. The van der Waals surface area contributed by atoms with Gasteiger partial charge in [-0.15, -0.1) is 0 Å². The van der Waals surface area contributed by atoms with Gasteiger partial charge in [-0.25, -0.2) is 0 Å². The van der Waals surface area contributed by atoms with Gasteiger partial charge >= 0.3 is 0 Å². The number of hydrogen-bond donors (Lipinski definition) is 3. The second-order valence-electron chi connectivity index (χ2n) is 9.98. The number of methoxy groups -OCH3 is 1. The predicted molar refractivity (Wildman–Crippen MR) is 140 cm³/mol. The Kier molecular flexibility index (Phi) is 9.12. The molecule has 1 aliphatic carbocycles. The number of aromatic hydroxyl groups is 2. The zero-order valence-electron chi connectivity index (χ0n) is 21.3. The molecule has 1 heterocycles. The number of aliphatic hydroxyl groups is 1. The summed E-state index contributed by atoms with van der Waals surface area (Å²) in [5.41, 5.74) is 2.84. The van der Waals surface area contributed by atoms with Crippen LogP contribution in [0.3, 0.4) is 0 Å². The summed E-state index contributed by atoms with van der Waals surface area (Å²) >= 11 is 0. The van der Waals surface area contributed by atoms with Crippen molar-refractivity contribution in [2.24, 2.45) is 5.92 Å². The molecular formula is C30H36NO6-. The van der Waals surface area contributed by atoms with Gasteiger partial charge in [0.1, 0.15) is 5.78 Å². The van der Waals surface area contributed by atoms with Gasteiger partial charge in [-0.3, -0.25) is 4.79 Å². The lowest BCUT2D eigenvalue weighted by Gasteiger charge is -2.24. The number of ketones is 1. The Balaban J connectivity index is 1.40. The molecular weight excluding hydrogens is 470 g/mol. The van der Waals surface area contributed by atoms with Gasteiger partial charge in [0.25, 0.3) is 0 Å². The Morgan fingerprint density at radius 1 is 0.973 bits per heavy atom. The van der Waals surface area contributed by atoms with E-state index < -0.39 is 6.10 Å². The largest absolute Gasteiger partial charge is 0.670 e. The van der Waals surface area contributed by atoms with Gasteiger partial charge in [0, 0.05) is 12.8 Å². The van der Waals surface area contributed by atoms with E-state index in [4.69, 9.17) is 9.47 Å². The molecule has 1 saturated carbocycles. The molecule has 2 unspecified atom stereocenters. The maximum atomic E-state index is 12.8. The minimum absolute atomic E-state index is 0.0267. The maximum absolute atomic E-state index is 12.8. The fraction of sp³-hybridized carbons (Fsp3) is 0.433. The van der Waals surface area contributed by atoms with E-state index in [1.807, 2.05) is 18.2 Å². The van der Waals surface area contributed by atoms with Crippen molar-refractivity contribution < 1.29 is 29.6 Å². The number of aryl methyl sites for hydroxylation is 1. The highest BCUT2D eigenvalue weighted by molar-refractivity contribution is 5.79. The molecule has 0 saturated heterocycles. The highest BCUT2D eigenvalue weighted by atomic mass is 16.5. The standard InChI is InChI=1S/C30H36NO6/c1-36-29-16-20(7-10-26(29)33)6-9-24(32)18-28(35)23(15-22-12-13-31-19-22)14-21-8-11-27(34)30(17-21)37-25-4-2-3-5-25/h7-8,10-13,16-17,19,23,25,28,33-35H,2-6,9,14-15,18H2,1H3/q-1. The average Bonchev–Trinajstić information content (AvgIpc) is 3.59. The van der Waals surface area contributed by atoms with E-state index in [1.54, 1.807) is 36.7 Å². The molecule has 198 valence electrons. The van der Waals surface area contributed by atoms with Gasteiger partial charge in [0.05, 0.1) is 19.3 Å². The van der Waals surface area contributed by atoms with Crippen LogP contribution in [0.1, 0.15) is 55.2 Å². The lowest BCUT2D eigenvalue weighted by molar-refractivity contribution is -0.121. The van der Waals surface area contributed by atoms with Crippen LogP contribution < -0.4 is 14.5 Å². The normalized spacial score (nSPS) is 15.4. The first-order chi connectivity index (χ1) is 17.9. The van der Waals surface area contributed by atoms with Crippen LogP contribution in [0.25, 0.3) is 0 Å². The van der Waals surface area contributed by atoms with Crippen LogP contribution in [0.4, 0.5) is 0 Å². The summed E-state index contributed by atoms with van der Waals surface area (Å²) in [7, 11) is 1.49. The summed E-state index contributed by atoms with van der Waals surface area (Å²) in [5.74, 6) is 0.802. The van der Waals surface area contributed by atoms with Gasteiger partial charge in [0.2, 0.25) is 0 Å². The van der Waals surface area contributed by atoms with Crippen molar-refractivity contribution in [3.8, 4) is 23.0 Å². The summed E-state index contributed by atoms with van der Waals surface area (Å²) in [4.78, 5) is 16.9. The monoisotopic (exact) mass is 506 g/mol. The van der Waals surface area contributed by atoms with Gasteiger partial charge < -0.3 is 29.8 Å². The van der Waals surface area contributed by atoms with Crippen molar-refractivity contribution >= 4 is 5.78 Å². The smallest absolute Gasteiger partial charge is 0.161 e. The van der Waals surface area contributed by atoms with Crippen molar-refractivity contribution in [1.82, 2.24) is 4.98 Å². The van der Waals surface area contributed by atoms with Crippen molar-refractivity contribution in [1.29, 1.82) is 0 Å². The molecule has 1 aliphatic rings. The third-order valence-electron chi connectivity index (χ3n) is 7.15. The van der Waals surface area contributed by atoms with E-state index in [0.29, 0.717) is 30.8 Å². The molecule has 37 heavy (non-hydrogen) atoms. The molecule has 0 radical (unpaired) electrons. The van der Waals surface area contributed by atoms with Gasteiger partial charge in [-0.1, -0.05) is 23.8 Å². The van der Waals surface area contributed by atoms with Crippen LogP contribution in [0.2, 0.25) is 0 Å². The Hall–Kier alpha value is -3.45. The average molecular weight is 507 g/mol.